The van der Waals surface area contributed by atoms with Gasteiger partial charge in [-0.3, -0.25) is 9.79 Å². The highest BCUT2D eigenvalue weighted by Crippen LogP contribution is 2.60. The largest absolute Gasteiger partial charge is 0.367 e. The van der Waals surface area contributed by atoms with Gasteiger partial charge in [-0.15, -0.1) is 0 Å². The third kappa shape index (κ3) is 3.94. The number of hydrogen-bond acceptors (Lipinski definition) is 4. The van der Waals surface area contributed by atoms with Crippen molar-refractivity contribution in [3.63, 3.8) is 0 Å². The summed E-state index contributed by atoms with van der Waals surface area (Å²) in [4.78, 5) is 20.6. The molecule has 0 aromatic carbocycles. The molecule has 6 rings (SSSR count). The van der Waals surface area contributed by atoms with Gasteiger partial charge in [-0.05, 0) is 108 Å². The van der Waals surface area contributed by atoms with Crippen molar-refractivity contribution in [2.75, 3.05) is 19.6 Å². The smallest absolute Gasteiger partial charge is 0.144 e. The molecule has 2 heterocycles. The molecule has 1 atom stereocenters. The lowest BCUT2D eigenvalue weighted by Crippen LogP contribution is -2.50. The average Bonchev–Trinajstić information content (AvgIpc) is 2.68. The molecule has 154 valence electrons. The van der Waals surface area contributed by atoms with Crippen molar-refractivity contribution in [3.8, 4) is 0 Å². The van der Waals surface area contributed by atoms with Crippen molar-refractivity contribution < 1.29 is 4.79 Å². The van der Waals surface area contributed by atoms with Crippen LogP contribution in [0.3, 0.4) is 0 Å². The predicted octanol–water partition coefficient (Wildman–Crippen LogP) is 4.31. The van der Waals surface area contributed by atoms with Crippen LogP contribution in [0.4, 0.5) is 0 Å². The molecule has 1 N–H and O–H groups in total. The van der Waals surface area contributed by atoms with E-state index < -0.39 is 0 Å². The third-order valence-corrected chi connectivity index (χ3v) is 8.28. The van der Waals surface area contributed by atoms with Crippen LogP contribution in [0, 0.1) is 23.2 Å². The van der Waals surface area contributed by atoms with E-state index in [4.69, 9.17) is 0 Å². The molecule has 1 saturated heterocycles. The van der Waals surface area contributed by atoms with E-state index in [1.54, 1.807) is 0 Å². The number of carbonyl (C=O) groups is 1. The van der Waals surface area contributed by atoms with Gasteiger partial charge in [0.05, 0.1) is 0 Å². The van der Waals surface area contributed by atoms with Crippen molar-refractivity contribution in [3.05, 3.63) is 11.8 Å². The first-order valence-electron chi connectivity index (χ1n) is 11.9. The predicted molar refractivity (Wildman–Crippen MR) is 113 cm³/mol. The van der Waals surface area contributed by atoms with Gasteiger partial charge in [0.1, 0.15) is 11.9 Å². The van der Waals surface area contributed by atoms with Crippen molar-refractivity contribution in [1.29, 1.82) is 0 Å². The van der Waals surface area contributed by atoms with Gasteiger partial charge in [0.25, 0.3) is 0 Å². The van der Waals surface area contributed by atoms with E-state index in [1.165, 1.54) is 83.8 Å². The maximum absolute atomic E-state index is 13.4. The van der Waals surface area contributed by atoms with E-state index in [9.17, 15) is 4.79 Å². The minimum Gasteiger partial charge on any atom is -0.367 e. The molecular formula is C24H37N3O. The average molecular weight is 384 g/mol. The highest BCUT2D eigenvalue weighted by Gasteiger charge is 2.54. The zero-order chi connectivity index (χ0) is 19.0. The second kappa shape index (κ2) is 7.93. The number of piperidine rings is 1. The quantitative estimate of drug-likeness (QED) is 0.712. The Bertz CT molecular complexity index is 611. The summed E-state index contributed by atoms with van der Waals surface area (Å²) in [7, 11) is 0. The first kappa shape index (κ1) is 18.8. The number of nitrogens with one attached hydrogen (secondary N) is 1. The van der Waals surface area contributed by atoms with Gasteiger partial charge in [-0.1, -0.05) is 6.42 Å². The lowest BCUT2D eigenvalue weighted by molar-refractivity contribution is -0.143. The molecule has 0 radical (unpaired) electrons. The number of hydrogen-bond donors (Lipinski definition) is 1. The highest BCUT2D eigenvalue weighted by molar-refractivity contribution is 5.88. The summed E-state index contributed by atoms with van der Waals surface area (Å²) < 4.78 is 0. The SMILES string of the molecule is O=C(CC1=CC=NC(CCCN2CCCCC2)N1)C12CC3CC(CC(C3)C1)C2. The Morgan fingerprint density at radius 2 is 1.75 bits per heavy atom. The van der Waals surface area contributed by atoms with E-state index in [1.807, 2.05) is 12.3 Å². The minimum atomic E-state index is 0.0234. The van der Waals surface area contributed by atoms with Gasteiger partial charge in [0, 0.05) is 23.7 Å². The van der Waals surface area contributed by atoms with Gasteiger partial charge in [-0.2, -0.15) is 0 Å². The van der Waals surface area contributed by atoms with Crippen LogP contribution >= 0.6 is 0 Å². The normalized spacial score (nSPS) is 39.6. The molecule has 4 aliphatic carbocycles. The summed E-state index contributed by atoms with van der Waals surface area (Å²) in [5.41, 5.74) is 1.13. The number of Topliss-reactive ketones (excluding diaryl/α,β-unsaturated/α-hetero) is 1. The van der Waals surface area contributed by atoms with Crippen LogP contribution in [0.15, 0.2) is 16.8 Å². The summed E-state index contributed by atoms with van der Waals surface area (Å²) in [6.07, 6.45) is 18.8. The van der Waals surface area contributed by atoms with E-state index in [0.29, 0.717) is 12.2 Å². The Morgan fingerprint density at radius 1 is 1.07 bits per heavy atom. The molecule has 1 unspecified atom stereocenters. The Hall–Kier alpha value is -1.16. The van der Waals surface area contributed by atoms with Crippen LogP contribution in [-0.2, 0) is 4.79 Å². The Kier molecular flexibility index (Phi) is 5.34. The summed E-state index contributed by atoms with van der Waals surface area (Å²) in [6.45, 7) is 3.73. The van der Waals surface area contributed by atoms with E-state index in [2.05, 4.69) is 15.2 Å². The maximum atomic E-state index is 13.4. The number of nitrogens with zero attached hydrogens (tertiary/aromatic N) is 2. The van der Waals surface area contributed by atoms with Crippen LogP contribution in [0.2, 0.25) is 0 Å². The standard InChI is InChI=1S/C24H37N3O/c28-22(24-15-18-11-19(16-24)13-20(12-18)17-24)14-21-6-7-25-23(26-21)5-4-10-27-8-2-1-3-9-27/h6-7,18-20,23,26H,1-5,8-17H2. The van der Waals surface area contributed by atoms with Crippen LogP contribution < -0.4 is 5.32 Å². The van der Waals surface area contributed by atoms with Gasteiger partial charge in [0.15, 0.2) is 0 Å². The molecule has 28 heavy (non-hydrogen) atoms. The minimum absolute atomic E-state index is 0.0234. The fourth-order valence-corrected chi connectivity index (χ4v) is 7.30. The number of likely N-dealkylation sites (tertiary alicyclic amines) is 1. The number of ketones is 1. The highest BCUT2D eigenvalue weighted by atomic mass is 16.1. The molecule has 4 nitrogen and oxygen atoms in total. The number of rotatable bonds is 7. The molecule has 2 aliphatic heterocycles. The molecule has 0 aromatic heterocycles. The van der Waals surface area contributed by atoms with Crippen LogP contribution in [-0.4, -0.2) is 42.7 Å². The van der Waals surface area contributed by atoms with Crippen LogP contribution in [0.1, 0.15) is 77.0 Å². The monoisotopic (exact) mass is 383 g/mol. The molecule has 4 heteroatoms. The van der Waals surface area contributed by atoms with Crippen molar-refractivity contribution in [2.24, 2.45) is 28.2 Å². The van der Waals surface area contributed by atoms with Gasteiger partial charge in [-0.25, -0.2) is 0 Å². The maximum Gasteiger partial charge on any atom is 0.144 e. The zero-order valence-electron chi connectivity index (χ0n) is 17.4. The fourth-order valence-electron chi connectivity index (χ4n) is 7.30. The summed E-state index contributed by atoms with van der Waals surface area (Å²) >= 11 is 0. The molecule has 5 fully saturated rings. The van der Waals surface area contributed by atoms with E-state index >= 15 is 0 Å². The zero-order valence-corrected chi connectivity index (χ0v) is 17.4. The molecular weight excluding hydrogens is 346 g/mol. The second-order valence-corrected chi connectivity index (χ2v) is 10.5. The van der Waals surface area contributed by atoms with Crippen molar-refractivity contribution in [2.45, 2.75) is 83.2 Å². The Labute approximate surface area is 170 Å². The lowest BCUT2D eigenvalue weighted by Gasteiger charge is -2.56. The molecule has 0 amide bonds. The summed E-state index contributed by atoms with van der Waals surface area (Å²) in [5.74, 6) is 3.04. The summed E-state index contributed by atoms with van der Waals surface area (Å²) in [6, 6.07) is 0. The first-order chi connectivity index (χ1) is 13.7. The number of carbonyl (C=O) groups excluding carboxylic acids is 1. The second-order valence-electron chi connectivity index (χ2n) is 10.5. The van der Waals surface area contributed by atoms with Gasteiger partial charge >= 0.3 is 0 Å². The van der Waals surface area contributed by atoms with Crippen molar-refractivity contribution in [1.82, 2.24) is 10.2 Å². The van der Waals surface area contributed by atoms with Gasteiger partial charge in [0.2, 0.25) is 0 Å². The molecule has 4 bridgehead atoms. The number of aliphatic imine (C=N–C) groups is 1. The van der Waals surface area contributed by atoms with Crippen LogP contribution in [0.25, 0.3) is 0 Å². The Morgan fingerprint density at radius 3 is 2.43 bits per heavy atom. The van der Waals surface area contributed by atoms with Crippen LogP contribution in [0.5, 0.6) is 0 Å². The topological polar surface area (TPSA) is 44.7 Å². The molecule has 0 spiro atoms. The molecule has 0 aromatic rings. The first-order valence-corrected chi connectivity index (χ1v) is 11.9. The number of allylic oxidation sites excluding steroid dienone is 2. The molecule has 4 saturated carbocycles. The third-order valence-electron chi connectivity index (χ3n) is 8.28. The van der Waals surface area contributed by atoms with Crippen molar-refractivity contribution >= 4 is 12.0 Å². The molecule has 6 aliphatic rings. The van der Waals surface area contributed by atoms with Gasteiger partial charge < -0.3 is 10.2 Å². The fraction of sp³-hybridized carbons (Fsp3) is 0.833. The summed E-state index contributed by atoms with van der Waals surface area (Å²) in [5, 5.41) is 3.58. The lowest BCUT2D eigenvalue weighted by atomic mass is 9.48. The van der Waals surface area contributed by atoms with E-state index in [-0.39, 0.29) is 11.6 Å². The Balaban J connectivity index is 1.11. The van der Waals surface area contributed by atoms with E-state index in [0.717, 1.165) is 29.9 Å².